The van der Waals surface area contributed by atoms with Crippen LogP contribution in [-0.4, -0.2) is 42.4 Å². The standard InChI is InChI=1S/C13H16N4O3S/c1-3-5-20-6-4-17-11(8-14)7-10-9-15-13(16-12(10)17)21(2,18)19/h7,9H,3-6H2,1-2H3. The molecule has 0 amide bonds. The van der Waals surface area contributed by atoms with Crippen molar-refractivity contribution < 1.29 is 13.2 Å². The molecule has 0 N–H and O–H groups in total. The van der Waals surface area contributed by atoms with Gasteiger partial charge in [-0.1, -0.05) is 6.92 Å². The van der Waals surface area contributed by atoms with Gasteiger partial charge in [0, 0.05) is 31.0 Å². The topological polar surface area (TPSA) is 97.9 Å². The van der Waals surface area contributed by atoms with E-state index in [1.165, 1.54) is 6.20 Å². The fraction of sp³-hybridized carbons (Fsp3) is 0.462. The van der Waals surface area contributed by atoms with E-state index >= 15 is 0 Å². The van der Waals surface area contributed by atoms with E-state index in [9.17, 15) is 13.7 Å². The summed E-state index contributed by atoms with van der Waals surface area (Å²) in [6.07, 6.45) is 3.39. The molecule has 7 nitrogen and oxygen atoms in total. The number of rotatable bonds is 6. The molecule has 0 saturated heterocycles. The molecule has 0 bridgehead atoms. The Morgan fingerprint density at radius 3 is 2.81 bits per heavy atom. The number of nitriles is 1. The Kier molecular flexibility index (Phi) is 4.55. The van der Waals surface area contributed by atoms with E-state index in [4.69, 9.17) is 4.74 Å². The largest absolute Gasteiger partial charge is 0.380 e. The summed E-state index contributed by atoms with van der Waals surface area (Å²) in [5, 5.41) is 9.56. The molecular weight excluding hydrogens is 292 g/mol. The van der Waals surface area contributed by atoms with Crippen LogP contribution in [0, 0.1) is 11.3 Å². The van der Waals surface area contributed by atoms with E-state index in [-0.39, 0.29) is 5.16 Å². The van der Waals surface area contributed by atoms with Crippen molar-refractivity contribution in [2.45, 2.75) is 25.0 Å². The quantitative estimate of drug-likeness (QED) is 0.586. The molecule has 0 aliphatic heterocycles. The summed E-state index contributed by atoms with van der Waals surface area (Å²) in [6.45, 7) is 3.53. The SMILES string of the molecule is CCCOCCn1c(C#N)cc2cnc(S(C)(=O)=O)nc21. The average Bonchev–Trinajstić information content (AvgIpc) is 2.79. The zero-order valence-electron chi connectivity index (χ0n) is 11.9. The lowest BCUT2D eigenvalue weighted by molar-refractivity contribution is 0.127. The Morgan fingerprint density at radius 1 is 1.43 bits per heavy atom. The van der Waals surface area contributed by atoms with Crippen LogP contribution >= 0.6 is 0 Å². The lowest BCUT2D eigenvalue weighted by atomic mass is 10.4. The van der Waals surface area contributed by atoms with Gasteiger partial charge in [0.05, 0.1) is 6.61 Å². The van der Waals surface area contributed by atoms with Crippen molar-refractivity contribution in [1.29, 1.82) is 5.26 Å². The predicted octanol–water partition coefficient (Wildman–Crippen LogP) is 1.13. The molecule has 21 heavy (non-hydrogen) atoms. The van der Waals surface area contributed by atoms with Gasteiger partial charge in [-0.05, 0) is 12.5 Å². The number of fused-ring (bicyclic) bond motifs is 1. The highest BCUT2D eigenvalue weighted by Gasteiger charge is 2.16. The lowest BCUT2D eigenvalue weighted by Crippen LogP contribution is -2.10. The minimum atomic E-state index is -3.49. The van der Waals surface area contributed by atoms with Crippen LogP contribution in [0.1, 0.15) is 19.0 Å². The molecule has 0 atom stereocenters. The monoisotopic (exact) mass is 308 g/mol. The Bertz CT molecular complexity index is 790. The zero-order valence-corrected chi connectivity index (χ0v) is 12.7. The smallest absolute Gasteiger partial charge is 0.248 e. The summed E-state index contributed by atoms with van der Waals surface area (Å²) in [7, 11) is -3.49. The summed E-state index contributed by atoms with van der Waals surface area (Å²) < 4.78 is 30.1. The molecule has 0 unspecified atom stereocenters. The van der Waals surface area contributed by atoms with Crippen LogP contribution in [0.25, 0.3) is 11.0 Å². The van der Waals surface area contributed by atoms with Crippen LogP contribution in [0.15, 0.2) is 17.4 Å². The summed E-state index contributed by atoms with van der Waals surface area (Å²) in [5.74, 6) is 0. The Hall–Kier alpha value is -1.98. The molecule has 0 aliphatic rings. The van der Waals surface area contributed by atoms with Gasteiger partial charge in [-0.15, -0.1) is 0 Å². The van der Waals surface area contributed by atoms with Crippen LogP contribution in [0.4, 0.5) is 0 Å². The number of nitrogens with zero attached hydrogens (tertiary/aromatic N) is 4. The van der Waals surface area contributed by atoms with Gasteiger partial charge >= 0.3 is 0 Å². The van der Waals surface area contributed by atoms with Crippen LogP contribution in [-0.2, 0) is 21.1 Å². The Balaban J connectivity index is 2.43. The lowest BCUT2D eigenvalue weighted by Gasteiger charge is -2.07. The first-order chi connectivity index (χ1) is 9.97. The van der Waals surface area contributed by atoms with Crippen LogP contribution in [0.5, 0.6) is 0 Å². The predicted molar refractivity (Wildman–Crippen MR) is 76.5 cm³/mol. The van der Waals surface area contributed by atoms with Crippen molar-refractivity contribution in [3.63, 3.8) is 0 Å². The van der Waals surface area contributed by atoms with Gasteiger partial charge in [0.1, 0.15) is 17.4 Å². The van der Waals surface area contributed by atoms with Crippen molar-refractivity contribution in [1.82, 2.24) is 14.5 Å². The van der Waals surface area contributed by atoms with Crippen molar-refractivity contribution in [2.24, 2.45) is 0 Å². The van der Waals surface area contributed by atoms with Gasteiger partial charge in [-0.2, -0.15) is 10.2 Å². The molecule has 0 fully saturated rings. The van der Waals surface area contributed by atoms with Crippen molar-refractivity contribution in [3.8, 4) is 6.07 Å². The molecule has 2 aromatic heterocycles. The third-order valence-electron chi connectivity index (χ3n) is 2.87. The number of ether oxygens (including phenoxy) is 1. The highest BCUT2D eigenvalue weighted by Crippen LogP contribution is 2.18. The fourth-order valence-electron chi connectivity index (χ4n) is 1.92. The molecule has 0 aliphatic carbocycles. The first-order valence-electron chi connectivity index (χ1n) is 6.51. The van der Waals surface area contributed by atoms with Crippen molar-refractivity contribution >= 4 is 20.9 Å². The minimum Gasteiger partial charge on any atom is -0.380 e. The highest BCUT2D eigenvalue weighted by atomic mass is 32.2. The van der Waals surface area contributed by atoms with Gasteiger partial charge in [-0.3, -0.25) is 0 Å². The van der Waals surface area contributed by atoms with E-state index in [0.717, 1.165) is 12.7 Å². The first kappa shape index (κ1) is 15.4. The third-order valence-corrected chi connectivity index (χ3v) is 3.73. The van der Waals surface area contributed by atoms with E-state index in [2.05, 4.69) is 16.0 Å². The minimum absolute atomic E-state index is 0.242. The van der Waals surface area contributed by atoms with E-state index in [1.54, 1.807) is 10.6 Å². The average molecular weight is 308 g/mol. The second-order valence-corrected chi connectivity index (χ2v) is 6.52. The molecule has 0 saturated carbocycles. The number of sulfone groups is 1. The zero-order chi connectivity index (χ0) is 15.5. The number of hydrogen-bond acceptors (Lipinski definition) is 6. The normalized spacial score (nSPS) is 11.7. The van der Waals surface area contributed by atoms with Gasteiger partial charge in [0.2, 0.25) is 15.0 Å². The fourth-order valence-corrected chi connectivity index (χ4v) is 2.42. The Morgan fingerprint density at radius 2 is 2.19 bits per heavy atom. The van der Waals surface area contributed by atoms with Crippen molar-refractivity contribution in [2.75, 3.05) is 19.5 Å². The summed E-state index contributed by atoms with van der Waals surface area (Å²) >= 11 is 0. The summed E-state index contributed by atoms with van der Waals surface area (Å²) in [4.78, 5) is 7.89. The second kappa shape index (κ2) is 6.20. The van der Waals surface area contributed by atoms with Crippen LogP contribution < -0.4 is 0 Å². The molecule has 112 valence electrons. The Labute approximate surface area is 123 Å². The van der Waals surface area contributed by atoms with Gasteiger partial charge in [-0.25, -0.2) is 13.4 Å². The molecule has 2 heterocycles. The van der Waals surface area contributed by atoms with Crippen LogP contribution in [0.2, 0.25) is 0 Å². The maximum Gasteiger partial charge on any atom is 0.248 e. The number of hydrogen-bond donors (Lipinski definition) is 0. The van der Waals surface area contributed by atoms with E-state index < -0.39 is 9.84 Å². The molecular formula is C13H16N4O3S. The van der Waals surface area contributed by atoms with Crippen molar-refractivity contribution in [3.05, 3.63) is 18.0 Å². The molecule has 0 spiro atoms. The first-order valence-corrected chi connectivity index (χ1v) is 8.40. The van der Waals surface area contributed by atoms with Crippen LogP contribution in [0.3, 0.4) is 0 Å². The maximum atomic E-state index is 11.5. The number of aromatic nitrogens is 3. The maximum absolute atomic E-state index is 11.5. The van der Waals surface area contributed by atoms with Gasteiger partial charge in [0.25, 0.3) is 0 Å². The summed E-state index contributed by atoms with van der Waals surface area (Å²) in [5.41, 5.74) is 0.840. The molecule has 8 heteroatoms. The molecule has 0 radical (unpaired) electrons. The summed E-state index contributed by atoms with van der Waals surface area (Å²) in [6, 6.07) is 3.71. The van der Waals surface area contributed by atoms with Gasteiger partial charge < -0.3 is 9.30 Å². The van der Waals surface area contributed by atoms with E-state index in [0.29, 0.717) is 36.5 Å². The molecule has 2 rings (SSSR count). The third kappa shape index (κ3) is 3.37. The molecule has 0 aromatic carbocycles. The van der Waals surface area contributed by atoms with E-state index in [1.807, 2.05) is 6.92 Å². The second-order valence-electron chi connectivity index (χ2n) is 4.61. The van der Waals surface area contributed by atoms with Gasteiger partial charge in [0.15, 0.2) is 0 Å². The molecule has 2 aromatic rings. The highest BCUT2D eigenvalue weighted by molar-refractivity contribution is 7.90.